The number of unbranched alkanes of at least 4 members (excludes halogenated alkanes) is 1. The van der Waals surface area contributed by atoms with Crippen LogP contribution in [0.5, 0.6) is 5.75 Å². The molecule has 1 aliphatic rings. The topological polar surface area (TPSA) is 81.9 Å². The van der Waals surface area contributed by atoms with Crippen molar-refractivity contribution < 1.29 is 19.1 Å². The quantitative estimate of drug-likeness (QED) is 0.329. The van der Waals surface area contributed by atoms with Crippen LogP contribution in [-0.4, -0.2) is 42.5 Å². The number of carbonyl (C=O) groups is 2. The summed E-state index contributed by atoms with van der Waals surface area (Å²) in [6.07, 6.45) is 3.28. The molecule has 1 aliphatic heterocycles. The Morgan fingerprint density at radius 1 is 1.30 bits per heavy atom. The van der Waals surface area contributed by atoms with E-state index in [1.165, 1.54) is 24.9 Å². The maximum Gasteiger partial charge on any atom is 0.355 e. The fraction of sp³-hybridized carbons (Fsp3) is 0.455. The van der Waals surface area contributed by atoms with Crippen molar-refractivity contribution in [1.29, 1.82) is 0 Å². The van der Waals surface area contributed by atoms with E-state index in [-0.39, 0.29) is 12.4 Å². The first-order chi connectivity index (χ1) is 14.1. The van der Waals surface area contributed by atoms with Gasteiger partial charge < -0.3 is 20.1 Å². The summed E-state index contributed by atoms with van der Waals surface area (Å²) < 4.78 is 10.6. The number of nitrogens with two attached hydrogens (primary N) is 1. The van der Waals surface area contributed by atoms with Crippen LogP contribution in [0.4, 0.5) is 0 Å². The first kappa shape index (κ1) is 24.3. The van der Waals surface area contributed by atoms with Crippen molar-refractivity contribution in [3.05, 3.63) is 50.5 Å². The highest BCUT2D eigenvalue weighted by molar-refractivity contribution is 8.07. The number of benzene rings is 1. The molecule has 1 heterocycles. The molecule has 0 saturated heterocycles. The van der Waals surface area contributed by atoms with E-state index in [1.807, 2.05) is 18.7 Å². The van der Waals surface area contributed by atoms with Gasteiger partial charge in [-0.05, 0) is 45.4 Å². The number of methoxy groups -OCH3 is 1. The third-order valence-electron chi connectivity index (χ3n) is 4.43. The zero-order valence-corrected chi connectivity index (χ0v) is 19.7. The highest BCUT2D eigenvalue weighted by Gasteiger charge is 2.39. The largest absolute Gasteiger partial charge is 0.496 e. The van der Waals surface area contributed by atoms with Crippen LogP contribution < -0.4 is 10.5 Å². The summed E-state index contributed by atoms with van der Waals surface area (Å²) in [5.41, 5.74) is 6.34. The third kappa shape index (κ3) is 5.59. The summed E-state index contributed by atoms with van der Waals surface area (Å²) in [5.74, 6) is -0.272. The van der Waals surface area contributed by atoms with E-state index in [4.69, 9.17) is 26.8 Å². The number of ketones is 1. The van der Waals surface area contributed by atoms with Crippen LogP contribution in [0.3, 0.4) is 0 Å². The third-order valence-corrected chi connectivity index (χ3v) is 6.13. The van der Waals surface area contributed by atoms with E-state index < -0.39 is 11.5 Å². The first-order valence-electron chi connectivity index (χ1n) is 9.89. The van der Waals surface area contributed by atoms with Crippen molar-refractivity contribution in [2.45, 2.75) is 46.1 Å². The van der Waals surface area contributed by atoms with Gasteiger partial charge in [-0.3, -0.25) is 4.79 Å². The number of hydrogen-bond acceptors (Lipinski definition) is 7. The minimum Gasteiger partial charge on any atom is -0.496 e. The molecule has 30 heavy (non-hydrogen) atoms. The molecular formula is C22H29ClN2O4S. The Hall–Kier alpha value is -1.96. The monoisotopic (exact) mass is 452 g/mol. The molecule has 0 amide bonds. The van der Waals surface area contributed by atoms with E-state index in [9.17, 15) is 9.59 Å². The van der Waals surface area contributed by atoms with Crippen LogP contribution in [0.15, 0.2) is 39.9 Å². The zero-order valence-electron chi connectivity index (χ0n) is 18.1. The fourth-order valence-corrected chi connectivity index (χ4v) is 4.38. The van der Waals surface area contributed by atoms with Gasteiger partial charge in [0, 0.05) is 28.1 Å². The van der Waals surface area contributed by atoms with Crippen LogP contribution in [-0.2, 0) is 9.53 Å². The lowest BCUT2D eigenvalue weighted by Gasteiger charge is -2.23. The molecule has 0 saturated carbocycles. The molecule has 0 bridgehead atoms. The van der Waals surface area contributed by atoms with Crippen molar-refractivity contribution in [3.63, 3.8) is 0 Å². The zero-order chi connectivity index (χ0) is 22.5. The van der Waals surface area contributed by atoms with E-state index in [2.05, 4.69) is 6.92 Å². The van der Waals surface area contributed by atoms with Gasteiger partial charge in [-0.1, -0.05) is 36.7 Å². The number of hydrogen-bond donors (Lipinski definition) is 1. The summed E-state index contributed by atoms with van der Waals surface area (Å²) in [6, 6.07) is 4.89. The minimum absolute atomic E-state index is 0.255. The number of carbonyl (C=O) groups excluding carboxylic acids is 2. The lowest BCUT2D eigenvalue weighted by Crippen LogP contribution is -2.35. The van der Waals surface area contributed by atoms with Gasteiger partial charge in [0.05, 0.1) is 24.3 Å². The van der Waals surface area contributed by atoms with Crippen LogP contribution in [0, 0.1) is 0 Å². The van der Waals surface area contributed by atoms with E-state index in [0.717, 1.165) is 12.8 Å². The molecule has 0 fully saturated rings. The summed E-state index contributed by atoms with van der Waals surface area (Å²) in [7, 11) is 1.50. The normalized spacial score (nSPS) is 15.7. The average Bonchev–Trinajstić information content (AvgIpc) is 3.05. The Balaban J connectivity index is 2.53. The molecule has 0 spiro atoms. The minimum atomic E-state index is -0.774. The fourth-order valence-electron chi connectivity index (χ4n) is 2.99. The molecule has 164 valence electrons. The van der Waals surface area contributed by atoms with Crippen molar-refractivity contribution >= 4 is 35.1 Å². The maximum absolute atomic E-state index is 13.1. The van der Waals surface area contributed by atoms with Crippen LogP contribution in [0.1, 0.15) is 50.9 Å². The predicted molar refractivity (Wildman–Crippen MR) is 122 cm³/mol. The van der Waals surface area contributed by atoms with Gasteiger partial charge in [-0.25, -0.2) is 4.79 Å². The summed E-state index contributed by atoms with van der Waals surface area (Å²) in [6.45, 7) is 8.31. The van der Waals surface area contributed by atoms with Crippen molar-refractivity contribution in [2.75, 3.05) is 20.3 Å². The summed E-state index contributed by atoms with van der Waals surface area (Å²) >= 11 is 7.41. The molecule has 0 unspecified atom stereocenters. The SMILES string of the molecule is CCCCN1C(=CC(=O)c2cc(Cl)ccc2OC)SC(C(C)(C)N)=C1C(=O)OCC. The number of esters is 1. The van der Waals surface area contributed by atoms with E-state index in [0.29, 0.717) is 38.5 Å². The first-order valence-corrected chi connectivity index (χ1v) is 11.1. The van der Waals surface area contributed by atoms with Crippen LogP contribution >= 0.6 is 23.4 Å². The number of ether oxygens (including phenoxy) is 2. The van der Waals surface area contributed by atoms with Crippen LogP contribution in [0.2, 0.25) is 5.02 Å². The molecule has 0 aliphatic carbocycles. The Morgan fingerprint density at radius 3 is 2.57 bits per heavy atom. The second kappa shape index (κ2) is 10.4. The molecule has 0 aromatic heterocycles. The molecule has 1 aromatic carbocycles. The molecule has 8 heteroatoms. The van der Waals surface area contributed by atoms with Crippen molar-refractivity contribution in [1.82, 2.24) is 4.90 Å². The summed E-state index contributed by atoms with van der Waals surface area (Å²) in [5, 5.41) is 1.07. The second-order valence-electron chi connectivity index (χ2n) is 7.42. The van der Waals surface area contributed by atoms with Gasteiger partial charge in [-0.2, -0.15) is 0 Å². The molecule has 2 N–H and O–H groups in total. The summed E-state index contributed by atoms with van der Waals surface area (Å²) in [4.78, 5) is 28.4. The smallest absolute Gasteiger partial charge is 0.355 e. The number of thioether (sulfide) groups is 1. The Morgan fingerprint density at radius 2 is 2.00 bits per heavy atom. The molecule has 6 nitrogen and oxygen atoms in total. The average molecular weight is 453 g/mol. The van der Waals surface area contributed by atoms with Crippen molar-refractivity contribution in [2.24, 2.45) is 5.73 Å². The maximum atomic E-state index is 13.1. The number of nitrogens with zero attached hydrogens (tertiary/aromatic N) is 1. The lowest BCUT2D eigenvalue weighted by molar-refractivity contribution is -0.140. The lowest BCUT2D eigenvalue weighted by atomic mass is 10.0. The Labute approximate surface area is 187 Å². The Kier molecular flexibility index (Phi) is 8.41. The highest BCUT2D eigenvalue weighted by atomic mass is 35.5. The van der Waals surface area contributed by atoms with E-state index >= 15 is 0 Å². The molecular weight excluding hydrogens is 424 g/mol. The van der Waals surface area contributed by atoms with Gasteiger partial charge >= 0.3 is 5.97 Å². The standard InChI is InChI=1S/C22H29ClN2O4S/c1-6-8-11-25-18(13-16(26)15-12-14(23)9-10-17(15)28-5)30-20(22(3,4)24)19(25)21(27)29-7-2/h9-10,12-13H,6-8,11,24H2,1-5H3. The van der Waals surface area contributed by atoms with Gasteiger partial charge in [0.15, 0.2) is 5.78 Å². The number of halogens is 1. The Bertz CT molecular complexity index is 874. The predicted octanol–water partition coefficient (Wildman–Crippen LogP) is 4.73. The molecule has 1 aromatic rings. The van der Waals surface area contributed by atoms with E-state index in [1.54, 1.807) is 25.1 Å². The van der Waals surface area contributed by atoms with Gasteiger partial charge in [-0.15, -0.1) is 0 Å². The van der Waals surface area contributed by atoms with Gasteiger partial charge in [0.2, 0.25) is 0 Å². The van der Waals surface area contributed by atoms with Gasteiger partial charge in [0.25, 0.3) is 0 Å². The molecule has 2 rings (SSSR count). The highest BCUT2D eigenvalue weighted by Crippen LogP contribution is 2.46. The molecule has 0 atom stereocenters. The second-order valence-corrected chi connectivity index (χ2v) is 8.89. The molecule has 0 radical (unpaired) electrons. The van der Waals surface area contributed by atoms with Gasteiger partial charge in [0.1, 0.15) is 11.4 Å². The number of allylic oxidation sites excluding steroid dienone is 1. The van der Waals surface area contributed by atoms with Crippen molar-refractivity contribution in [3.8, 4) is 5.75 Å². The van der Waals surface area contributed by atoms with Crippen LogP contribution in [0.25, 0.3) is 0 Å². The number of rotatable bonds is 9.